The van der Waals surface area contributed by atoms with E-state index >= 15 is 0 Å². The summed E-state index contributed by atoms with van der Waals surface area (Å²) in [5, 5.41) is -1.22. The first kappa shape index (κ1) is 21.9. The van der Waals surface area contributed by atoms with Gasteiger partial charge in [0.15, 0.2) is 6.67 Å². The second kappa shape index (κ2) is 8.01. The van der Waals surface area contributed by atoms with E-state index in [2.05, 4.69) is 10.8 Å². The molecule has 1 aliphatic rings. The molecule has 1 N–H and O–H groups in total. The highest BCUT2D eigenvalue weighted by Gasteiger charge is 2.41. The molecule has 0 aliphatic heterocycles. The second-order valence-electron chi connectivity index (χ2n) is 5.52. The van der Waals surface area contributed by atoms with Crippen molar-refractivity contribution in [2.24, 2.45) is 0 Å². The van der Waals surface area contributed by atoms with Gasteiger partial charge in [-0.05, 0) is 32.6 Å². The van der Waals surface area contributed by atoms with Gasteiger partial charge in [-0.1, -0.05) is 10.7 Å². The lowest BCUT2D eigenvalue weighted by molar-refractivity contribution is -0.183. The number of hydrogen-bond donors (Lipinski definition) is 1. The van der Waals surface area contributed by atoms with Gasteiger partial charge in [0, 0.05) is 5.57 Å². The van der Waals surface area contributed by atoms with Crippen molar-refractivity contribution in [2.45, 2.75) is 50.1 Å². The number of ether oxygens (including phenoxy) is 1. The van der Waals surface area contributed by atoms with Gasteiger partial charge in [-0.25, -0.2) is 17.6 Å². The maximum atomic E-state index is 12.6. The Bertz CT molecular complexity index is 713. The first-order valence-corrected chi connectivity index (χ1v) is 10.0. The van der Waals surface area contributed by atoms with E-state index in [4.69, 9.17) is 4.74 Å². The van der Waals surface area contributed by atoms with Crippen molar-refractivity contribution in [3.8, 4) is 0 Å². The summed E-state index contributed by atoms with van der Waals surface area (Å²) in [6, 6.07) is 0. The average Bonchev–Trinajstić information content (AvgIpc) is 2.45. The lowest BCUT2D eigenvalue weighted by Crippen LogP contribution is -2.44. The molecule has 1 aliphatic carbocycles. The smallest absolute Gasteiger partial charge is 0.398 e. The van der Waals surface area contributed by atoms with Crippen LogP contribution in [-0.2, 0) is 34.0 Å². The van der Waals surface area contributed by atoms with Crippen molar-refractivity contribution in [1.82, 2.24) is 4.13 Å². The number of sulfonamides is 1. The lowest BCUT2D eigenvalue weighted by Gasteiger charge is -2.28. The molecule has 0 heterocycles. The molecule has 25 heavy (non-hydrogen) atoms. The van der Waals surface area contributed by atoms with Crippen molar-refractivity contribution in [2.75, 3.05) is 6.67 Å². The Kier molecular flexibility index (Phi) is 7.01. The minimum absolute atomic E-state index is 0.0709. The molecule has 0 aromatic heterocycles. The van der Waals surface area contributed by atoms with Crippen molar-refractivity contribution < 1.29 is 43.7 Å². The Hall–Kier alpha value is -1.18. The number of esters is 1. The van der Waals surface area contributed by atoms with E-state index < -0.39 is 50.4 Å². The van der Waals surface area contributed by atoms with E-state index in [0.717, 1.165) is 4.13 Å². The third-order valence-corrected chi connectivity index (χ3v) is 6.85. The maximum absolute atomic E-state index is 12.6. The van der Waals surface area contributed by atoms with E-state index in [1.165, 1.54) is 6.92 Å². The van der Waals surface area contributed by atoms with Gasteiger partial charge in [-0.3, -0.25) is 0 Å². The standard InChI is InChI=1S/C12H18F3NO7S2/c1-8(2)11(17)22-9-3-5-10(6-4-9)24(18,19)16-25(20,21)23-12(14,15)7-13/h9-10,16H,1,3-7H2,2H3. The molecule has 1 saturated carbocycles. The lowest BCUT2D eigenvalue weighted by atomic mass is 9.97. The summed E-state index contributed by atoms with van der Waals surface area (Å²) >= 11 is 0. The number of alkyl halides is 3. The third kappa shape index (κ3) is 6.92. The molecule has 0 radical (unpaired) electrons. The third-order valence-electron chi connectivity index (χ3n) is 3.29. The van der Waals surface area contributed by atoms with Crippen LogP contribution in [0.25, 0.3) is 0 Å². The van der Waals surface area contributed by atoms with E-state index in [0.29, 0.717) is 0 Å². The molecule has 1 rings (SSSR count). The summed E-state index contributed by atoms with van der Waals surface area (Å²) in [5.41, 5.74) is 0.174. The van der Waals surface area contributed by atoms with Crippen LogP contribution in [0.15, 0.2) is 12.2 Å². The van der Waals surface area contributed by atoms with Crippen molar-refractivity contribution >= 4 is 26.3 Å². The first-order valence-electron chi connectivity index (χ1n) is 7.06. The highest BCUT2D eigenvalue weighted by atomic mass is 32.3. The van der Waals surface area contributed by atoms with E-state index in [1.807, 2.05) is 0 Å². The minimum atomic E-state index is -5.43. The number of hydrogen-bond acceptors (Lipinski definition) is 7. The zero-order chi connectivity index (χ0) is 19.5. The van der Waals surface area contributed by atoms with Crippen molar-refractivity contribution in [3.05, 3.63) is 12.2 Å². The Balaban J connectivity index is 2.67. The number of nitrogens with one attached hydrogen (secondary N) is 1. The summed E-state index contributed by atoms with van der Waals surface area (Å²) in [6.45, 7) is 2.41. The van der Waals surface area contributed by atoms with Gasteiger partial charge in [0.25, 0.3) is 0 Å². The van der Waals surface area contributed by atoms with E-state index in [9.17, 15) is 34.8 Å². The largest absolute Gasteiger partial charge is 0.459 e. The zero-order valence-electron chi connectivity index (χ0n) is 13.2. The van der Waals surface area contributed by atoms with Gasteiger partial charge in [0.2, 0.25) is 10.0 Å². The normalized spacial score (nSPS) is 22.4. The SMILES string of the molecule is C=C(C)C(=O)OC1CCC(S(=O)(=O)NS(=O)(=O)OC(F)(F)CF)CC1. The quantitative estimate of drug-likeness (QED) is 0.472. The Morgan fingerprint density at radius 3 is 2.16 bits per heavy atom. The molecule has 1 fully saturated rings. The fourth-order valence-electron chi connectivity index (χ4n) is 2.12. The molecule has 0 atom stereocenters. The molecule has 0 saturated heterocycles. The summed E-state index contributed by atoms with van der Waals surface area (Å²) in [7, 11) is -9.99. The van der Waals surface area contributed by atoms with Crippen molar-refractivity contribution in [3.63, 3.8) is 0 Å². The van der Waals surface area contributed by atoms with Gasteiger partial charge in [0.05, 0.1) is 5.25 Å². The van der Waals surface area contributed by atoms with Crippen LogP contribution in [0.5, 0.6) is 0 Å². The van der Waals surface area contributed by atoms with Crippen LogP contribution in [0.1, 0.15) is 32.6 Å². The molecular formula is C12H18F3NO7S2. The molecule has 0 bridgehead atoms. The monoisotopic (exact) mass is 409 g/mol. The number of carbonyl (C=O) groups excluding carboxylic acids is 1. The van der Waals surface area contributed by atoms with Crippen LogP contribution in [0.4, 0.5) is 13.2 Å². The van der Waals surface area contributed by atoms with Gasteiger partial charge < -0.3 is 4.74 Å². The highest BCUT2D eigenvalue weighted by molar-refractivity contribution is 8.03. The van der Waals surface area contributed by atoms with Gasteiger partial charge in [-0.2, -0.15) is 21.4 Å². The summed E-state index contributed by atoms with van der Waals surface area (Å²) < 4.78 is 93.1. The Morgan fingerprint density at radius 2 is 1.72 bits per heavy atom. The van der Waals surface area contributed by atoms with E-state index in [-0.39, 0.29) is 31.3 Å². The van der Waals surface area contributed by atoms with Crippen LogP contribution < -0.4 is 4.13 Å². The van der Waals surface area contributed by atoms with Crippen molar-refractivity contribution in [1.29, 1.82) is 0 Å². The predicted molar refractivity (Wildman–Crippen MR) is 79.9 cm³/mol. The number of carbonyl (C=O) groups is 1. The Morgan fingerprint density at radius 1 is 1.20 bits per heavy atom. The van der Waals surface area contributed by atoms with Crippen LogP contribution >= 0.6 is 0 Å². The van der Waals surface area contributed by atoms with Crippen LogP contribution in [-0.4, -0.2) is 46.9 Å². The van der Waals surface area contributed by atoms with Crippen LogP contribution in [0, 0.1) is 0 Å². The van der Waals surface area contributed by atoms with Gasteiger partial charge >= 0.3 is 22.4 Å². The minimum Gasteiger partial charge on any atom is -0.459 e. The van der Waals surface area contributed by atoms with Crippen LogP contribution in [0.3, 0.4) is 0 Å². The fourth-order valence-corrected chi connectivity index (χ4v) is 5.20. The Labute approximate surface area is 143 Å². The number of rotatable bonds is 8. The first-order chi connectivity index (χ1) is 11.3. The molecular weight excluding hydrogens is 391 g/mol. The summed E-state index contributed by atoms with van der Waals surface area (Å²) in [4.78, 5) is 11.4. The topological polar surface area (TPSA) is 116 Å². The molecule has 0 aromatic rings. The predicted octanol–water partition coefficient (Wildman–Crippen LogP) is 1.16. The molecule has 0 unspecified atom stereocenters. The average molecular weight is 409 g/mol. The fraction of sp³-hybridized carbons (Fsp3) is 0.750. The molecule has 8 nitrogen and oxygen atoms in total. The molecule has 0 amide bonds. The van der Waals surface area contributed by atoms with Gasteiger partial charge in [0.1, 0.15) is 6.10 Å². The second-order valence-corrected chi connectivity index (χ2v) is 9.02. The molecule has 146 valence electrons. The molecule has 0 aromatic carbocycles. The van der Waals surface area contributed by atoms with E-state index in [1.54, 1.807) is 0 Å². The zero-order valence-corrected chi connectivity index (χ0v) is 14.8. The van der Waals surface area contributed by atoms with Gasteiger partial charge in [-0.15, -0.1) is 0 Å². The molecule has 0 spiro atoms. The number of halogens is 3. The summed E-state index contributed by atoms with van der Waals surface area (Å²) in [5.74, 6) is -0.631. The maximum Gasteiger partial charge on any atom is 0.398 e. The van der Waals surface area contributed by atoms with Crippen LogP contribution in [0.2, 0.25) is 0 Å². The summed E-state index contributed by atoms with van der Waals surface area (Å²) in [6.07, 6.45) is -5.11. The molecule has 13 heteroatoms. The highest BCUT2D eigenvalue weighted by Crippen LogP contribution is 2.27.